The number of rotatable bonds is 5. The molecule has 230 valence electrons. The fraction of sp³-hybridized carbons (Fsp3) is 0. The second-order valence-corrected chi connectivity index (χ2v) is 12.3. The lowest BCUT2D eigenvalue weighted by Crippen LogP contribution is -2.10. The molecule has 0 N–H and O–H groups in total. The SMILES string of the molecule is c1ccc(-c2cnc3c4cc(N(c5ccccc5)c5ccc6c7ccccc7n(-c7ccccn7)c6c5)ccc4c4ccccc4n23)cc1. The van der Waals surface area contributed by atoms with E-state index in [2.05, 4.69) is 166 Å². The molecule has 0 radical (unpaired) electrons. The topological polar surface area (TPSA) is 38.4 Å². The van der Waals surface area contributed by atoms with Gasteiger partial charge in [0.1, 0.15) is 11.5 Å². The van der Waals surface area contributed by atoms with Gasteiger partial charge in [-0.3, -0.25) is 8.97 Å². The smallest absolute Gasteiger partial charge is 0.145 e. The minimum absolute atomic E-state index is 0.894. The summed E-state index contributed by atoms with van der Waals surface area (Å²) in [6, 6.07) is 57.9. The summed E-state index contributed by atoms with van der Waals surface area (Å²) in [5, 5.41) is 5.86. The molecule has 0 amide bonds. The van der Waals surface area contributed by atoms with Gasteiger partial charge in [-0.05, 0) is 66.0 Å². The molecule has 0 aliphatic heterocycles. The molecule has 4 heterocycles. The first-order valence-electron chi connectivity index (χ1n) is 16.5. The molecule has 0 saturated carbocycles. The van der Waals surface area contributed by atoms with Crippen LogP contribution in [0.3, 0.4) is 0 Å². The summed E-state index contributed by atoms with van der Waals surface area (Å²) >= 11 is 0. The number of pyridine rings is 2. The summed E-state index contributed by atoms with van der Waals surface area (Å²) in [7, 11) is 0. The molecule has 0 aliphatic rings. The molecule has 0 bridgehead atoms. The predicted molar refractivity (Wildman–Crippen MR) is 202 cm³/mol. The van der Waals surface area contributed by atoms with E-state index in [-0.39, 0.29) is 0 Å². The van der Waals surface area contributed by atoms with E-state index in [4.69, 9.17) is 9.97 Å². The van der Waals surface area contributed by atoms with Gasteiger partial charge in [0, 0.05) is 50.4 Å². The highest BCUT2D eigenvalue weighted by Crippen LogP contribution is 2.42. The second-order valence-electron chi connectivity index (χ2n) is 12.3. The molecular formula is C44H29N5. The molecular weight excluding hydrogens is 599 g/mol. The van der Waals surface area contributed by atoms with Crippen molar-refractivity contribution in [1.82, 2.24) is 18.9 Å². The molecule has 0 unspecified atom stereocenters. The number of imidazole rings is 1. The molecule has 10 rings (SSSR count). The number of nitrogens with zero attached hydrogens (tertiary/aromatic N) is 5. The van der Waals surface area contributed by atoms with Crippen LogP contribution in [-0.2, 0) is 0 Å². The average Bonchev–Trinajstić information content (AvgIpc) is 3.77. The third-order valence-corrected chi connectivity index (χ3v) is 9.58. The highest BCUT2D eigenvalue weighted by atomic mass is 15.1. The monoisotopic (exact) mass is 627 g/mol. The van der Waals surface area contributed by atoms with Crippen molar-refractivity contribution >= 4 is 66.2 Å². The van der Waals surface area contributed by atoms with Crippen molar-refractivity contribution in [3.05, 3.63) is 176 Å². The maximum absolute atomic E-state index is 5.06. The molecule has 10 aromatic rings. The van der Waals surface area contributed by atoms with Crippen LogP contribution in [0.5, 0.6) is 0 Å². The Morgan fingerprint density at radius 2 is 1.06 bits per heavy atom. The first kappa shape index (κ1) is 27.4. The van der Waals surface area contributed by atoms with Crippen molar-refractivity contribution in [1.29, 1.82) is 0 Å². The zero-order chi connectivity index (χ0) is 32.3. The van der Waals surface area contributed by atoms with Crippen LogP contribution in [0.4, 0.5) is 17.1 Å². The van der Waals surface area contributed by atoms with Gasteiger partial charge in [-0.25, -0.2) is 9.97 Å². The summed E-state index contributed by atoms with van der Waals surface area (Å²) in [6.07, 6.45) is 3.86. The standard InChI is InChI=1S/C44H29N5/c1-3-13-30(14-4-1)42-29-46-44-38-27-32(22-24-34(38)35-17-7-10-20-40(35)49(42)44)47(31-15-5-2-6-16-31)33-23-25-37-36-18-8-9-19-39(36)48(41(37)28-33)43-21-11-12-26-45-43/h1-29H. The molecule has 0 aliphatic carbocycles. The van der Waals surface area contributed by atoms with Crippen LogP contribution in [0.25, 0.3) is 66.2 Å². The minimum Gasteiger partial charge on any atom is -0.310 e. The molecule has 5 nitrogen and oxygen atoms in total. The van der Waals surface area contributed by atoms with Crippen molar-refractivity contribution < 1.29 is 0 Å². The molecule has 49 heavy (non-hydrogen) atoms. The van der Waals surface area contributed by atoms with Crippen LogP contribution in [0, 0.1) is 0 Å². The molecule has 0 saturated heterocycles. The Morgan fingerprint density at radius 3 is 1.84 bits per heavy atom. The molecule has 6 aromatic carbocycles. The van der Waals surface area contributed by atoms with Gasteiger partial charge in [0.15, 0.2) is 0 Å². The Balaban J connectivity index is 1.24. The highest BCUT2D eigenvalue weighted by molar-refractivity contribution is 6.14. The van der Waals surface area contributed by atoms with Gasteiger partial charge in [0.25, 0.3) is 0 Å². The number of hydrogen-bond donors (Lipinski definition) is 0. The quantitative estimate of drug-likeness (QED) is 0.178. The Bertz CT molecular complexity index is 2820. The van der Waals surface area contributed by atoms with Crippen LogP contribution in [0.2, 0.25) is 0 Å². The van der Waals surface area contributed by atoms with Gasteiger partial charge >= 0.3 is 0 Å². The van der Waals surface area contributed by atoms with Gasteiger partial charge in [-0.15, -0.1) is 0 Å². The van der Waals surface area contributed by atoms with E-state index in [1.807, 2.05) is 24.5 Å². The second kappa shape index (κ2) is 10.9. The summed E-state index contributed by atoms with van der Waals surface area (Å²) in [5.41, 5.74) is 9.72. The van der Waals surface area contributed by atoms with E-state index in [0.717, 1.165) is 61.7 Å². The largest absolute Gasteiger partial charge is 0.310 e. The lowest BCUT2D eigenvalue weighted by Gasteiger charge is -2.26. The Morgan fingerprint density at radius 1 is 0.429 bits per heavy atom. The molecule has 5 heteroatoms. The van der Waals surface area contributed by atoms with E-state index < -0.39 is 0 Å². The Labute approximate surface area is 282 Å². The van der Waals surface area contributed by atoms with Gasteiger partial charge in [-0.2, -0.15) is 0 Å². The van der Waals surface area contributed by atoms with E-state index in [0.29, 0.717) is 0 Å². The number of anilines is 3. The van der Waals surface area contributed by atoms with Crippen LogP contribution in [0.1, 0.15) is 0 Å². The highest BCUT2D eigenvalue weighted by Gasteiger charge is 2.20. The number of para-hydroxylation sites is 3. The number of hydrogen-bond acceptors (Lipinski definition) is 3. The number of benzene rings is 6. The maximum atomic E-state index is 5.06. The van der Waals surface area contributed by atoms with E-state index in [9.17, 15) is 0 Å². The first-order chi connectivity index (χ1) is 24.3. The van der Waals surface area contributed by atoms with Crippen molar-refractivity contribution in [2.45, 2.75) is 0 Å². The lowest BCUT2D eigenvalue weighted by atomic mass is 10.0. The van der Waals surface area contributed by atoms with Crippen molar-refractivity contribution in [3.8, 4) is 17.1 Å². The van der Waals surface area contributed by atoms with Gasteiger partial charge in [-0.1, -0.05) is 103 Å². The average molecular weight is 628 g/mol. The predicted octanol–water partition coefficient (Wildman–Crippen LogP) is 11.3. The van der Waals surface area contributed by atoms with Crippen LogP contribution in [-0.4, -0.2) is 18.9 Å². The third-order valence-electron chi connectivity index (χ3n) is 9.58. The van der Waals surface area contributed by atoms with E-state index in [1.165, 1.54) is 21.5 Å². The number of fused-ring (bicyclic) bond motifs is 9. The molecule has 4 aromatic heterocycles. The Hall–Kier alpha value is -6.72. The molecule has 0 atom stereocenters. The lowest BCUT2D eigenvalue weighted by molar-refractivity contribution is 1.08. The van der Waals surface area contributed by atoms with Gasteiger partial charge < -0.3 is 4.90 Å². The van der Waals surface area contributed by atoms with Crippen LogP contribution >= 0.6 is 0 Å². The fourth-order valence-electron chi connectivity index (χ4n) is 7.44. The number of aromatic nitrogens is 4. The fourth-order valence-corrected chi connectivity index (χ4v) is 7.44. The maximum Gasteiger partial charge on any atom is 0.145 e. The minimum atomic E-state index is 0.894. The zero-order valence-electron chi connectivity index (χ0n) is 26.5. The van der Waals surface area contributed by atoms with Crippen LogP contribution in [0.15, 0.2) is 176 Å². The summed E-state index contributed by atoms with van der Waals surface area (Å²) in [4.78, 5) is 12.2. The zero-order valence-corrected chi connectivity index (χ0v) is 26.5. The molecule has 0 spiro atoms. The van der Waals surface area contributed by atoms with E-state index in [1.54, 1.807) is 0 Å². The summed E-state index contributed by atoms with van der Waals surface area (Å²) in [6.45, 7) is 0. The normalized spacial score (nSPS) is 11.7. The van der Waals surface area contributed by atoms with E-state index >= 15 is 0 Å². The molecule has 0 fully saturated rings. The summed E-state index contributed by atoms with van der Waals surface area (Å²) < 4.78 is 4.57. The van der Waals surface area contributed by atoms with Gasteiger partial charge in [0.2, 0.25) is 0 Å². The van der Waals surface area contributed by atoms with Gasteiger partial charge in [0.05, 0.1) is 28.4 Å². The van der Waals surface area contributed by atoms with Crippen molar-refractivity contribution in [3.63, 3.8) is 0 Å². The summed E-state index contributed by atoms with van der Waals surface area (Å²) in [5.74, 6) is 0.894. The third kappa shape index (κ3) is 4.26. The van der Waals surface area contributed by atoms with Crippen molar-refractivity contribution in [2.75, 3.05) is 4.90 Å². The van der Waals surface area contributed by atoms with Crippen molar-refractivity contribution in [2.24, 2.45) is 0 Å². The Kier molecular flexibility index (Phi) is 6.11. The first-order valence-corrected chi connectivity index (χ1v) is 16.5. The van der Waals surface area contributed by atoms with Crippen LogP contribution < -0.4 is 4.90 Å².